The number of carbonyl (C=O) groups is 1. The van der Waals surface area contributed by atoms with Crippen molar-refractivity contribution in [1.29, 1.82) is 0 Å². The molecule has 1 aromatic carbocycles. The molecule has 2 atom stereocenters. The summed E-state index contributed by atoms with van der Waals surface area (Å²) in [4.78, 5) is 11.8. The number of rotatable bonds is 4. The molecule has 0 aliphatic carbocycles. The Morgan fingerprint density at radius 1 is 1.32 bits per heavy atom. The van der Waals surface area contributed by atoms with Gasteiger partial charge >= 0.3 is 6.18 Å². The number of hydrogen-bond donors (Lipinski definition) is 1. The molecule has 1 saturated heterocycles. The highest BCUT2D eigenvalue weighted by atomic mass is 32.2. The number of amides is 1. The van der Waals surface area contributed by atoms with Crippen LogP contribution in [-0.2, 0) is 20.8 Å². The van der Waals surface area contributed by atoms with E-state index in [1.54, 1.807) is 0 Å². The highest BCUT2D eigenvalue weighted by molar-refractivity contribution is 7.90. The number of carbonyl (C=O) groups excluding carboxylic acids is 1. The van der Waals surface area contributed by atoms with Gasteiger partial charge in [-0.2, -0.15) is 13.2 Å². The van der Waals surface area contributed by atoms with Crippen molar-refractivity contribution in [3.8, 4) is 0 Å². The quantitative estimate of drug-likeness (QED) is 0.918. The Kier molecular flexibility index (Phi) is 4.51. The summed E-state index contributed by atoms with van der Waals surface area (Å²) in [6.07, 6.45) is -2.87. The van der Waals surface area contributed by atoms with Crippen LogP contribution in [0.5, 0.6) is 0 Å². The van der Waals surface area contributed by atoms with Crippen molar-refractivity contribution >= 4 is 15.7 Å². The van der Waals surface area contributed by atoms with Crippen LogP contribution < -0.4 is 5.32 Å². The molecule has 1 heterocycles. The first-order valence-electron chi connectivity index (χ1n) is 6.71. The van der Waals surface area contributed by atoms with Crippen LogP contribution in [0.4, 0.5) is 13.2 Å². The molecule has 0 radical (unpaired) electrons. The minimum atomic E-state index is -4.44. The van der Waals surface area contributed by atoms with Crippen LogP contribution in [0, 0.1) is 5.92 Å². The van der Waals surface area contributed by atoms with Crippen LogP contribution in [0.1, 0.15) is 30.0 Å². The zero-order valence-electron chi connectivity index (χ0n) is 11.9. The standard InChI is InChI=1S/C14H16F3NO3S/c1-22(20,21)6-5-10-8-12(18-13(10)19)9-3-2-4-11(7-9)14(15,16)17/h2-4,7,10,12H,5-6,8H2,1H3,(H,18,19). The smallest absolute Gasteiger partial charge is 0.349 e. The third kappa shape index (κ3) is 4.22. The second kappa shape index (κ2) is 5.91. The Morgan fingerprint density at radius 3 is 2.59 bits per heavy atom. The maximum atomic E-state index is 12.7. The topological polar surface area (TPSA) is 63.2 Å². The van der Waals surface area contributed by atoms with Gasteiger partial charge in [-0.25, -0.2) is 8.42 Å². The lowest BCUT2D eigenvalue weighted by molar-refractivity contribution is -0.137. The molecule has 1 aliphatic heterocycles. The van der Waals surface area contributed by atoms with E-state index >= 15 is 0 Å². The summed E-state index contributed by atoms with van der Waals surface area (Å²) in [5.41, 5.74) is -0.385. The third-order valence-corrected chi connectivity index (χ3v) is 4.64. The largest absolute Gasteiger partial charge is 0.416 e. The maximum Gasteiger partial charge on any atom is 0.416 e. The summed E-state index contributed by atoms with van der Waals surface area (Å²) in [5, 5.41) is 2.63. The fourth-order valence-corrected chi connectivity index (χ4v) is 3.21. The number of benzene rings is 1. The molecule has 1 aliphatic rings. The summed E-state index contributed by atoms with van der Waals surface area (Å²) in [7, 11) is -3.17. The van der Waals surface area contributed by atoms with Gasteiger partial charge in [0.1, 0.15) is 9.84 Å². The van der Waals surface area contributed by atoms with E-state index in [0.717, 1.165) is 18.4 Å². The summed E-state index contributed by atoms with van der Waals surface area (Å²) >= 11 is 0. The average Bonchev–Trinajstić information content (AvgIpc) is 2.76. The number of alkyl halides is 3. The van der Waals surface area contributed by atoms with E-state index in [1.165, 1.54) is 12.1 Å². The molecule has 1 N–H and O–H groups in total. The van der Waals surface area contributed by atoms with Gasteiger partial charge in [-0.1, -0.05) is 12.1 Å². The van der Waals surface area contributed by atoms with E-state index in [9.17, 15) is 26.4 Å². The van der Waals surface area contributed by atoms with Crippen LogP contribution in [0.3, 0.4) is 0 Å². The van der Waals surface area contributed by atoms with Crippen molar-refractivity contribution in [2.45, 2.75) is 25.1 Å². The molecule has 0 aromatic heterocycles. The monoisotopic (exact) mass is 335 g/mol. The van der Waals surface area contributed by atoms with Crippen LogP contribution in [0.15, 0.2) is 24.3 Å². The zero-order valence-corrected chi connectivity index (χ0v) is 12.7. The molecule has 8 heteroatoms. The minimum absolute atomic E-state index is 0.111. The molecular weight excluding hydrogens is 319 g/mol. The predicted molar refractivity (Wildman–Crippen MR) is 74.8 cm³/mol. The SMILES string of the molecule is CS(=O)(=O)CCC1CC(c2cccc(C(F)(F)F)c2)NC1=O. The van der Waals surface area contributed by atoms with Crippen LogP contribution >= 0.6 is 0 Å². The van der Waals surface area contributed by atoms with E-state index in [-0.39, 0.29) is 18.1 Å². The molecule has 2 rings (SSSR count). The molecule has 22 heavy (non-hydrogen) atoms. The van der Waals surface area contributed by atoms with Gasteiger partial charge in [0.05, 0.1) is 17.4 Å². The highest BCUT2D eigenvalue weighted by Crippen LogP contribution is 2.34. The molecule has 122 valence electrons. The van der Waals surface area contributed by atoms with Gasteiger partial charge in [0.25, 0.3) is 0 Å². The van der Waals surface area contributed by atoms with Crippen molar-refractivity contribution in [3.63, 3.8) is 0 Å². The summed E-state index contributed by atoms with van der Waals surface area (Å²) in [5.74, 6) is -0.916. The molecule has 1 aromatic rings. The molecule has 4 nitrogen and oxygen atoms in total. The fraction of sp³-hybridized carbons (Fsp3) is 0.500. The second-order valence-electron chi connectivity index (χ2n) is 5.54. The number of hydrogen-bond acceptors (Lipinski definition) is 3. The maximum absolute atomic E-state index is 12.7. The van der Waals surface area contributed by atoms with Gasteiger partial charge in [-0.05, 0) is 30.5 Å². The zero-order chi connectivity index (χ0) is 16.5. The first-order valence-corrected chi connectivity index (χ1v) is 8.77. The molecular formula is C14H16F3NO3S. The Labute approximate surface area is 126 Å². The average molecular weight is 335 g/mol. The van der Waals surface area contributed by atoms with Crippen LogP contribution in [0.25, 0.3) is 0 Å². The van der Waals surface area contributed by atoms with Gasteiger partial charge < -0.3 is 5.32 Å². The third-order valence-electron chi connectivity index (χ3n) is 3.66. The fourth-order valence-electron chi connectivity index (χ4n) is 2.50. The lowest BCUT2D eigenvalue weighted by Crippen LogP contribution is -2.22. The van der Waals surface area contributed by atoms with E-state index in [4.69, 9.17) is 0 Å². The molecule has 0 spiro atoms. The molecule has 2 unspecified atom stereocenters. The first-order chi connectivity index (χ1) is 10.1. The van der Waals surface area contributed by atoms with Gasteiger partial charge in [-0.3, -0.25) is 4.79 Å². The van der Waals surface area contributed by atoms with Crippen molar-refractivity contribution < 1.29 is 26.4 Å². The number of nitrogens with one attached hydrogen (secondary N) is 1. The Bertz CT molecular complexity index is 670. The lowest BCUT2D eigenvalue weighted by Gasteiger charge is -2.13. The van der Waals surface area contributed by atoms with E-state index in [2.05, 4.69) is 5.32 Å². The summed E-state index contributed by atoms with van der Waals surface area (Å²) in [6.45, 7) is 0. The van der Waals surface area contributed by atoms with Gasteiger partial charge in [-0.15, -0.1) is 0 Å². The number of sulfone groups is 1. The Morgan fingerprint density at radius 2 is 2.00 bits per heavy atom. The summed E-state index contributed by atoms with van der Waals surface area (Å²) < 4.78 is 60.4. The molecule has 1 amide bonds. The van der Waals surface area contributed by atoms with Gasteiger partial charge in [0.15, 0.2) is 0 Å². The predicted octanol–water partition coefficient (Wildman–Crippen LogP) is 2.32. The molecule has 1 fully saturated rings. The molecule has 0 bridgehead atoms. The lowest BCUT2D eigenvalue weighted by atomic mass is 9.97. The van der Waals surface area contributed by atoms with Crippen LogP contribution in [-0.4, -0.2) is 26.3 Å². The van der Waals surface area contributed by atoms with Gasteiger partial charge in [0, 0.05) is 12.2 Å². The normalized spacial score (nSPS) is 22.6. The van der Waals surface area contributed by atoms with Gasteiger partial charge in [0.2, 0.25) is 5.91 Å². The van der Waals surface area contributed by atoms with E-state index < -0.39 is 33.5 Å². The highest BCUT2D eigenvalue weighted by Gasteiger charge is 2.35. The van der Waals surface area contributed by atoms with Crippen molar-refractivity contribution in [2.24, 2.45) is 5.92 Å². The van der Waals surface area contributed by atoms with Crippen LogP contribution in [0.2, 0.25) is 0 Å². The first kappa shape index (κ1) is 16.8. The summed E-state index contributed by atoms with van der Waals surface area (Å²) in [6, 6.07) is 4.30. The Balaban J connectivity index is 2.11. The van der Waals surface area contributed by atoms with Crippen molar-refractivity contribution in [3.05, 3.63) is 35.4 Å². The van der Waals surface area contributed by atoms with E-state index in [1.807, 2.05) is 0 Å². The number of halogens is 3. The minimum Gasteiger partial charge on any atom is -0.349 e. The Hall–Kier alpha value is -1.57. The van der Waals surface area contributed by atoms with Crippen molar-refractivity contribution in [2.75, 3.05) is 12.0 Å². The van der Waals surface area contributed by atoms with Crippen molar-refractivity contribution in [1.82, 2.24) is 5.32 Å². The second-order valence-corrected chi connectivity index (χ2v) is 7.80. The molecule has 0 saturated carbocycles. The van der Waals surface area contributed by atoms with E-state index in [0.29, 0.717) is 12.0 Å².